The fraction of sp³-hybridized carbons (Fsp3) is 0.142. The van der Waals surface area contributed by atoms with Gasteiger partial charge in [-0.2, -0.15) is 5.26 Å². The zero-order valence-corrected chi connectivity index (χ0v) is 69.9. The summed E-state index contributed by atoms with van der Waals surface area (Å²) < 4.78 is 85.4. The molecule has 2 aliphatic rings. The van der Waals surface area contributed by atoms with Crippen LogP contribution < -0.4 is 26.2 Å². The quantitative estimate of drug-likeness (QED) is 0.135. The number of anilines is 6. The van der Waals surface area contributed by atoms with Crippen molar-refractivity contribution in [3.05, 3.63) is 367 Å². The second kappa shape index (κ2) is 26.9. The Morgan fingerprint density at radius 3 is 1.13 bits per heavy atom. The standard InChI is InChI=1S/C113H92BN7/c1-110(2,3)76-44-53-98-89(60-76)90-61-77(111(4,5)6)45-54-99(90)117(98)82-50-52-94-105(66-82)120(83-58-74(70-29-16-13-17-30-70)57-75(59-83)71-31-18-14-19-32-71)107-68-84(119-100-55-46-78(112(7,8)9)62-91(100)92-63-79(113(10,11)12)47-56-101(92)119)67-106-109(107)114(94)93-51-49-81(116-95-39-25-22-35-86(95)87-36-23-26-40-96(87)116)65-104(93)118(106)80-48-43-73(69-115)103(64-80)121-97-41-27-24-37-88(97)108-85(38-28-42-102(108)121)72-33-20-15-21-34-72/h13-68H,1-12H3/i22D,23D,25D,26D,35D,36D,39D,40D. The van der Waals surface area contributed by atoms with Crippen molar-refractivity contribution >= 4 is 144 Å². The lowest BCUT2D eigenvalue weighted by molar-refractivity contribution is 0.590. The van der Waals surface area contributed by atoms with E-state index in [4.69, 9.17) is 0 Å². The van der Waals surface area contributed by atoms with Crippen LogP contribution in [0.4, 0.5) is 34.1 Å². The summed E-state index contributed by atoms with van der Waals surface area (Å²) in [6.07, 6.45) is 0. The highest BCUT2D eigenvalue weighted by atomic mass is 15.2. The van der Waals surface area contributed by atoms with Gasteiger partial charge in [-0.05, 0) is 239 Å². The van der Waals surface area contributed by atoms with Crippen LogP contribution in [0.3, 0.4) is 0 Å². The van der Waals surface area contributed by atoms with E-state index in [1.165, 1.54) is 22.3 Å². The zero-order valence-electron chi connectivity index (χ0n) is 77.9. The number of rotatable bonds is 9. The number of nitriles is 1. The van der Waals surface area contributed by atoms with Gasteiger partial charge in [-0.15, -0.1) is 0 Å². The summed E-state index contributed by atoms with van der Waals surface area (Å²) in [4.78, 5) is 4.84. The molecule has 0 aliphatic carbocycles. The number of aromatic nitrogens is 4. The lowest BCUT2D eigenvalue weighted by Gasteiger charge is -2.45. The van der Waals surface area contributed by atoms with Crippen LogP contribution in [0.2, 0.25) is 0 Å². The molecule has 0 bridgehead atoms. The van der Waals surface area contributed by atoms with Crippen molar-refractivity contribution in [3.8, 4) is 62.2 Å². The van der Waals surface area contributed by atoms with Gasteiger partial charge in [0.15, 0.2) is 0 Å². The Morgan fingerprint density at radius 2 is 0.661 bits per heavy atom. The molecule has 0 saturated heterocycles. The van der Waals surface area contributed by atoms with Crippen LogP contribution in [0.25, 0.3) is 143 Å². The summed E-state index contributed by atoms with van der Waals surface area (Å²) in [5, 5.41) is 18.4. The molecule has 2 aliphatic heterocycles. The third-order valence-electron chi connectivity index (χ3n) is 25.6. The number of fused-ring (bicyclic) bond motifs is 16. The van der Waals surface area contributed by atoms with Crippen LogP contribution in [-0.2, 0) is 21.7 Å². The van der Waals surface area contributed by atoms with E-state index in [2.05, 4.69) is 367 Å². The maximum Gasteiger partial charge on any atom is 0.252 e. The molecule has 0 fully saturated rings. The van der Waals surface area contributed by atoms with E-state index in [0.29, 0.717) is 28.3 Å². The van der Waals surface area contributed by atoms with Crippen molar-refractivity contribution < 1.29 is 11.0 Å². The van der Waals surface area contributed by atoms with Crippen molar-refractivity contribution in [2.75, 3.05) is 9.80 Å². The summed E-state index contributed by atoms with van der Waals surface area (Å²) in [6.45, 7) is 26.7. The van der Waals surface area contributed by atoms with Gasteiger partial charge in [0.25, 0.3) is 6.71 Å². The molecule has 20 aromatic rings. The van der Waals surface area contributed by atoms with E-state index in [9.17, 15) is 16.2 Å². The molecule has 0 atom stereocenters. The van der Waals surface area contributed by atoms with E-state index in [-0.39, 0.29) is 43.5 Å². The fourth-order valence-corrected chi connectivity index (χ4v) is 19.5. The lowest BCUT2D eigenvalue weighted by atomic mass is 9.33. The van der Waals surface area contributed by atoms with E-state index in [0.717, 1.165) is 149 Å². The smallest absolute Gasteiger partial charge is 0.252 e. The highest BCUT2D eigenvalue weighted by molar-refractivity contribution is 7.00. The second-order valence-electron chi connectivity index (χ2n) is 37.1. The number of benzene rings is 16. The molecule has 0 unspecified atom stereocenters. The van der Waals surface area contributed by atoms with Gasteiger partial charge in [-0.1, -0.05) is 277 Å². The van der Waals surface area contributed by atoms with Crippen molar-refractivity contribution in [2.24, 2.45) is 0 Å². The molecular weight excluding hydrogens is 1470 g/mol. The number of para-hydroxylation sites is 3. The maximum absolute atomic E-state index is 11.9. The van der Waals surface area contributed by atoms with Gasteiger partial charge in [0.05, 0.1) is 72.0 Å². The molecular formula is C113H92BN7. The summed E-state index contributed by atoms with van der Waals surface area (Å²) in [6, 6.07) is 104. The maximum atomic E-state index is 11.9. The zero-order chi connectivity index (χ0) is 89.4. The third-order valence-corrected chi connectivity index (χ3v) is 25.6. The molecule has 4 aromatic heterocycles. The highest BCUT2D eigenvalue weighted by Crippen LogP contribution is 2.52. The average Bonchev–Trinajstić information content (AvgIpc) is 1.69. The van der Waals surface area contributed by atoms with E-state index in [1.54, 1.807) is 4.57 Å². The normalized spacial score (nSPS) is 14.0. The van der Waals surface area contributed by atoms with E-state index in [1.807, 2.05) is 36.4 Å². The first kappa shape index (κ1) is 64.9. The monoisotopic (exact) mass is 1570 g/mol. The molecule has 7 nitrogen and oxygen atoms in total. The number of hydrogen-bond donors (Lipinski definition) is 0. The van der Waals surface area contributed by atoms with Crippen LogP contribution in [0, 0.1) is 11.3 Å². The predicted octanol–water partition coefficient (Wildman–Crippen LogP) is 28.2. The minimum atomic E-state index is -0.599. The lowest BCUT2D eigenvalue weighted by Crippen LogP contribution is -2.61. The van der Waals surface area contributed by atoms with Crippen LogP contribution in [0.15, 0.2) is 340 Å². The topological polar surface area (TPSA) is 50.0 Å². The largest absolute Gasteiger partial charge is 0.311 e. The van der Waals surface area contributed by atoms with Crippen molar-refractivity contribution in [2.45, 2.75) is 105 Å². The van der Waals surface area contributed by atoms with Gasteiger partial charge in [0, 0.05) is 88.6 Å². The van der Waals surface area contributed by atoms with Crippen LogP contribution in [0.1, 0.15) is 122 Å². The fourth-order valence-electron chi connectivity index (χ4n) is 19.5. The Balaban J connectivity index is 0.925. The van der Waals surface area contributed by atoms with E-state index < -0.39 is 55.1 Å². The van der Waals surface area contributed by atoms with Crippen LogP contribution in [0.5, 0.6) is 0 Å². The first-order chi connectivity index (χ1) is 61.8. The molecule has 22 rings (SSSR count). The molecule has 0 N–H and O–H groups in total. The molecule has 16 aromatic carbocycles. The van der Waals surface area contributed by atoms with Gasteiger partial charge < -0.3 is 28.1 Å². The van der Waals surface area contributed by atoms with Crippen molar-refractivity contribution in [1.82, 2.24) is 18.3 Å². The van der Waals surface area contributed by atoms with Crippen LogP contribution >= 0.6 is 0 Å². The van der Waals surface area contributed by atoms with Gasteiger partial charge in [-0.25, -0.2) is 0 Å². The molecule has 0 saturated carbocycles. The summed E-state index contributed by atoms with van der Waals surface area (Å²) >= 11 is 0. The summed E-state index contributed by atoms with van der Waals surface area (Å²) in [5.41, 5.74) is 27.1. The second-order valence-corrected chi connectivity index (χ2v) is 37.1. The average molecular weight is 1570 g/mol. The SMILES string of the molecule is [2H]c1c([2H])c([2H])c2c(c1[2H])c1c([2H])c([2H])c([2H])c([2H])c1n2-c1ccc2c(c1)N(c1ccc(C#N)c(-n3c4ccccc4c4c(-c5ccccc5)cccc43)c1)c1cc(-n3c4ccc(C(C)(C)C)cc4c4cc(C(C)(C)C)ccc43)cc3c1B2c1ccc(-n2c4ccc(C(C)(C)C)cc4c4cc(C(C)(C)C)ccc42)cc1N3c1cc(-c2ccccc2)cc(-c2ccccc2)c1. The molecule has 0 spiro atoms. The summed E-state index contributed by atoms with van der Waals surface area (Å²) in [7, 11) is 0. The Bertz CT molecular complexity index is 8010. The van der Waals surface area contributed by atoms with Gasteiger partial charge in [0.1, 0.15) is 6.07 Å². The van der Waals surface area contributed by atoms with Crippen LogP contribution in [-0.4, -0.2) is 25.0 Å². The number of hydrogen-bond acceptors (Lipinski definition) is 3. The van der Waals surface area contributed by atoms with Crippen molar-refractivity contribution in [1.29, 1.82) is 5.26 Å². The molecule has 6 heterocycles. The molecule has 582 valence electrons. The Hall–Kier alpha value is -14.1. The minimum absolute atomic E-state index is 0.000820. The Kier molecular flexibility index (Phi) is 14.5. The van der Waals surface area contributed by atoms with Gasteiger partial charge in [-0.3, -0.25) is 0 Å². The molecule has 0 amide bonds. The van der Waals surface area contributed by atoms with Gasteiger partial charge in [0.2, 0.25) is 0 Å². The van der Waals surface area contributed by atoms with Crippen molar-refractivity contribution in [3.63, 3.8) is 0 Å². The molecule has 121 heavy (non-hydrogen) atoms. The molecule has 0 radical (unpaired) electrons. The first-order valence-electron chi connectivity index (χ1n) is 46.0. The predicted molar refractivity (Wildman–Crippen MR) is 514 cm³/mol. The van der Waals surface area contributed by atoms with E-state index >= 15 is 0 Å². The Labute approximate surface area is 718 Å². The Morgan fingerprint density at radius 1 is 0.273 bits per heavy atom. The minimum Gasteiger partial charge on any atom is -0.311 e. The number of nitrogens with zero attached hydrogens (tertiary/aromatic N) is 7. The first-order valence-corrected chi connectivity index (χ1v) is 42.0. The van der Waals surface area contributed by atoms with Gasteiger partial charge >= 0.3 is 0 Å². The summed E-state index contributed by atoms with van der Waals surface area (Å²) in [5.74, 6) is 0. The molecule has 8 heteroatoms. The third kappa shape index (κ3) is 11.6. The highest BCUT2D eigenvalue weighted by Gasteiger charge is 2.45.